The van der Waals surface area contributed by atoms with Crippen LogP contribution in [0, 0.1) is 0 Å². The summed E-state index contributed by atoms with van der Waals surface area (Å²) < 4.78 is 37.0. The van der Waals surface area contributed by atoms with Crippen LogP contribution in [0.15, 0.2) is 59.5 Å². The number of esters is 1. The van der Waals surface area contributed by atoms with Gasteiger partial charge in [0.15, 0.2) is 0 Å². The number of sulfonamides is 1. The minimum absolute atomic E-state index is 0.0809. The van der Waals surface area contributed by atoms with E-state index in [4.69, 9.17) is 4.74 Å². The second-order valence-electron chi connectivity index (χ2n) is 4.77. The third-order valence-electron chi connectivity index (χ3n) is 3.10. The molecule has 0 saturated heterocycles. The summed E-state index contributed by atoms with van der Waals surface area (Å²) in [5, 5.41) is 0. The fourth-order valence-corrected chi connectivity index (χ4v) is 3.02. The number of rotatable bonds is 6. The zero-order valence-electron chi connectivity index (χ0n) is 13.2. The lowest BCUT2D eigenvalue weighted by molar-refractivity contribution is -0.134. The Hall–Kier alpha value is -2.80. The fourth-order valence-electron chi connectivity index (χ4n) is 1.92. The van der Waals surface area contributed by atoms with Crippen molar-refractivity contribution >= 4 is 27.8 Å². The number of hydrogen-bond donors (Lipinski definition) is 1. The number of ether oxygens (including phenoxy) is 2. The highest BCUT2D eigenvalue weighted by atomic mass is 32.2. The zero-order chi connectivity index (χ0) is 17.6. The maximum Gasteiger partial charge on any atom is 0.330 e. The molecule has 0 radical (unpaired) electrons. The Morgan fingerprint density at radius 1 is 1.08 bits per heavy atom. The maximum atomic E-state index is 12.5. The van der Waals surface area contributed by atoms with Gasteiger partial charge >= 0.3 is 5.97 Å². The standard InChI is InChI=1S/C17H17NO5S/c1-22-15-7-4-6-14(12-15)18-24(20,21)16-8-3-5-13(11-16)9-10-17(19)23-2/h3-12,18H,1-2H3/b10-9+. The highest BCUT2D eigenvalue weighted by Gasteiger charge is 2.14. The summed E-state index contributed by atoms with van der Waals surface area (Å²) in [6.07, 6.45) is 2.71. The summed E-state index contributed by atoms with van der Waals surface area (Å²) in [6.45, 7) is 0. The molecule has 0 bridgehead atoms. The molecule has 0 aliphatic heterocycles. The van der Waals surface area contributed by atoms with E-state index in [2.05, 4.69) is 9.46 Å². The van der Waals surface area contributed by atoms with Gasteiger partial charge in [0.2, 0.25) is 0 Å². The van der Waals surface area contributed by atoms with Crippen molar-refractivity contribution in [1.29, 1.82) is 0 Å². The van der Waals surface area contributed by atoms with Crippen LogP contribution in [0.1, 0.15) is 5.56 Å². The quantitative estimate of drug-likeness (QED) is 0.642. The lowest BCUT2D eigenvalue weighted by Gasteiger charge is -2.09. The van der Waals surface area contributed by atoms with Crippen LogP contribution in [0.5, 0.6) is 5.75 Å². The van der Waals surface area contributed by atoms with Crippen molar-refractivity contribution in [2.24, 2.45) is 0 Å². The van der Waals surface area contributed by atoms with E-state index in [0.29, 0.717) is 17.0 Å². The van der Waals surface area contributed by atoms with Crippen molar-refractivity contribution in [3.05, 3.63) is 60.2 Å². The molecule has 1 N–H and O–H groups in total. The lowest BCUT2D eigenvalue weighted by Crippen LogP contribution is -2.13. The Labute approximate surface area is 140 Å². The van der Waals surface area contributed by atoms with Gasteiger partial charge in [0.1, 0.15) is 5.75 Å². The van der Waals surface area contributed by atoms with Gasteiger partial charge in [0.05, 0.1) is 24.8 Å². The van der Waals surface area contributed by atoms with Crippen LogP contribution in [0.4, 0.5) is 5.69 Å². The van der Waals surface area contributed by atoms with E-state index in [1.165, 1.54) is 38.5 Å². The van der Waals surface area contributed by atoms with E-state index in [0.717, 1.165) is 0 Å². The first-order chi connectivity index (χ1) is 11.4. The molecule has 126 valence electrons. The van der Waals surface area contributed by atoms with Gasteiger partial charge in [-0.1, -0.05) is 18.2 Å². The molecule has 24 heavy (non-hydrogen) atoms. The van der Waals surface area contributed by atoms with Gasteiger partial charge in [-0.05, 0) is 35.9 Å². The van der Waals surface area contributed by atoms with E-state index in [1.807, 2.05) is 0 Å². The molecule has 0 aliphatic carbocycles. The molecular weight excluding hydrogens is 330 g/mol. The van der Waals surface area contributed by atoms with Gasteiger partial charge < -0.3 is 9.47 Å². The minimum atomic E-state index is -3.76. The molecule has 2 aromatic rings. The average Bonchev–Trinajstić information content (AvgIpc) is 2.59. The zero-order valence-corrected chi connectivity index (χ0v) is 14.0. The normalized spacial score (nSPS) is 11.2. The van der Waals surface area contributed by atoms with E-state index in [9.17, 15) is 13.2 Å². The van der Waals surface area contributed by atoms with Crippen molar-refractivity contribution in [2.75, 3.05) is 18.9 Å². The van der Waals surface area contributed by atoms with Crippen LogP contribution < -0.4 is 9.46 Å². The molecule has 0 atom stereocenters. The maximum absolute atomic E-state index is 12.5. The van der Waals surface area contributed by atoms with Crippen LogP contribution in [0.25, 0.3) is 6.08 Å². The van der Waals surface area contributed by atoms with Crippen molar-refractivity contribution in [1.82, 2.24) is 0 Å². The third kappa shape index (κ3) is 4.60. The molecule has 0 heterocycles. The monoisotopic (exact) mass is 347 g/mol. The van der Waals surface area contributed by atoms with Gasteiger partial charge in [0, 0.05) is 12.1 Å². The predicted molar refractivity (Wildman–Crippen MR) is 91.3 cm³/mol. The first-order valence-corrected chi connectivity index (χ1v) is 8.46. The summed E-state index contributed by atoms with van der Waals surface area (Å²) in [4.78, 5) is 11.2. The van der Waals surface area contributed by atoms with E-state index >= 15 is 0 Å². The number of anilines is 1. The van der Waals surface area contributed by atoms with Crippen molar-refractivity contribution < 1.29 is 22.7 Å². The van der Waals surface area contributed by atoms with Crippen molar-refractivity contribution in [2.45, 2.75) is 4.90 Å². The SMILES string of the molecule is COC(=O)/C=C/c1cccc(S(=O)(=O)Nc2cccc(OC)c2)c1. The van der Waals surface area contributed by atoms with Gasteiger partial charge in [0.25, 0.3) is 10.0 Å². The van der Waals surface area contributed by atoms with Crippen LogP contribution in [-0.2, 0) is 19.6 Å². The molecule has 0 fully saturated rings. The average molecular weight is 347 g/mol. The van der Waals surface area contributed by atoms with Crippen LogP contribution in [-0.4, -0.2) is 28.6 Å². The Morgan fingerprint density at radius 2 is 1.83 bits per heavy atom. The van der Waals surface area contributed by atoms with E-state index < -0.39 is 16.0 Å². The number of benzene rings is 2. The molecule has 2 rings (SSSR count). The molecular formula is C17H17NO5S. The number of carbonyl (C=O) groups is 1. The predicted octanol–water partition coefficient (Wildman–Crippen LogP) is 2.68. The Bertz CT molecular complexity index is 859. The highest BCUT2D eigenvalue weighted by Crippen LogP contribution is 2.21. The van der Waals surface area contributed by atoms with Crippen LogP contribution in [0.3, 0.4) is 0 Å². The number of hydrogen-bond acceptors (Lipinski definition) is 5. The summed E-state index contributed by atoms with van der Waals surface area (Å²) >= 11 is 0. The molecule has 0 saturated carbocycles. The molecule has 0 spiro atoms. The second kappa shape index (κ2) is 7.65. The highest BCUT2D eigenvalue weighted by molar-refractivity contribution is 7.92. The summed E-state index contributed by atoms with van der Waals surface area (Å²) in [5.41, 5.74) is 0.957. The first kappa shape index (κ1) is 17.6. The van der Waals surface area contributed by atoms with Crippen LogP contribution >= 0.6 is 0 Å². The topological polar surface area (TPSA) is 81.7 Å². The Morgan fingerprint density at radius 3 is 2.54 bits per heavy atom. The van der Waals surface area contributed by atoms with Gasteiger partial charge in [-0.3, -0.25) is 4.72 Å². The van der Waals surface area contributed by atoms with E-state index in [1.54, 1.807) is 36.4 Å². The van der Waals surface area contributed by atoms with Crippen molar-refractivity contribution in [3.63, 3.8) is 0 Å². The number of nitrogens with one attached hydrogen (secondary N) is 1. The fraction of sp³-hybridized carbons (Fsp3) is 0.118. The molecule has 2 aromatic carbocycles. The van der Waals surface area contributed by atoms with Gasteiger partial charge in [-0.25, -0.2) is 13.2 Å². The van der Waals surface area contributed by atoms with Gasteiger partial charge in [-0.15, -0.1) is 0 Å². The molecule has 0 unspecified atom stereocenters. The largest absolute Gasteiger partial charge is 0.497 e. The minimum Gasteiger partial charge on any atom is -0.497 e. The van der Waals surface area contributed by atoms with Crippen LogP contribution in [0.2, 0.25) is 0 Å². The summed E-state index contributed by atoms with van der Waals surface area (Å²) in [5.74, 6) is 0.0303. The third-order valence-corrected chi connectivity index (χ3v) is 4.48. The molecule has 0 amide bonds. The summed E-state index contributed by atoms with van der Waals surface area (Å²) in [6, 6.07) is 12.8. The first-order valence-electron chi connectivity index (χ1n) is 6.97. The molecule has 0 aliphatic rings. The molecule has 0 aromatic heterocycles. The lowest BCUT2D eigenvalue weighted by atomic mass is 10.2. The second-order valence-corrected chi connectivity index (χ2v) is 6.45. The van der Waals surface area contributed by atoms with E-state index in [-0.39, 0.29) is 4.90 Å². The molecule has 7 heteroatoms. The van der Waals surface area contributed by atoms with Gasteiger partial charge in [-0.2, -0.15) is 0 Å². The Balaban J connectivity index is 2.25. The summed E-state index contributed by atoms with van der Waals surface area (Å²) in [7, 11) is -0.986. The molecule has 6 nitrogen and oxygen atoms in total. The number of methoxy groups -OCH3 is 2. The number of carbonyl (C=O) groups excluding carboxylic acids is 1. The smallest absolute Gasteiger partial charge is 0.330 e. The Kier molecular flexibility index (Phi) is 5.59. The van der Waals surface area contributed by atoms with Crippen molar-refractivity contribution in [3.8, 4) is 5.75 Å².